The Kier molecular flexibility index (Phi) is 6.27. The molecular weight excluding hydrogens is 483 g/mol. The average molecular weight is 496 g/mol. The molecule has 0 spiro atoms. The van der Waals surface area contributed by atoms with E-state index in [0.717, 1.165) is 30.0 Å². The number of thiophene rings is 1. The second-order valence-corrected chi connectivity index (χ2v) is 8.80. The number of amides is 1. The maximum absolute atomic E-state index is 13.0. The van der Waals surface area contributed by atoms with Crippen LogP contribution in [0.3, 0.4) is 0 Å². The number of halogens is 4. The standard InChI is InChI=1S/C21H13ClF3N3O2S2/c22-14-7-6-12(21(23,24)25)10-16(14)26-17(29)11-32-20-27-15-8-9-31-18(15)19(30)28(20)13-4-2-1-3-5-13/h1-10H,11H2,(H,26,29). The zero-order chi connectivity index (χ0) is 22.9. The van der Waals surface area contributed by atoms with E-state index < -0.39 is 17.6 Å². The summed E-state index contributed by atoms with van der Waals surface area (Å²) in [6, 6.07) is 13.3. The van der Waals surface area contributed by atoms with E-state index in [1.165, 1.54) is 15.9 Å². The monoisotopic (exact) mass is 495 g/mol. The van der Waals surface area contributed by atoms with Crippen molar-refractivity contribution in [1.29, 1.82) is 0 Å². The highest BCUT2D eigenvalue weighted by Gasteiger charge is 2.31. The summed E-state index contributed by atoms with van der Waals surface area (Å²) in [4.78, 5) is 30.0. The van der Waals surface area contributed by atoms with Crippen LogP contribution in [0.2, 0.25) is 5.02 Å². The second-order valence-electron chi connectivity index (χ2n) is 6.53. The van der Waals surface area contributed by atoms with E-state index in [0.29, 0.717) is 15.9 Å². The Morgan fingerprint density at radius 3 is 2.62 bits per heavy atom. The Morgan fingerprint density at radius 1 is 1.16 bits per heavy atom. The van der Waals surface area contributed by atoms with E-state index in [2.05, 4.69) is 10.3 Å². The van der Waals surface area contributed by atoms with E-state index in [-0.39, 0.29) is 27.2 Å². The Hall–Kier alpha value is -2.82. The predicted octanol–water partition coefficient (Wildman–Crippen LogP) is 5.85. The summed E-state index contributed by atoms with van der Waals surface area (Å²) in [6.45, 7) is 0. The molecule has 0 bridgehead atoms. The number of alkyl halides is 3. The van der Waals surface area contributed by atoms with Gasteiger partial charge in [-0.1, -0.05) is 41.6 Å². The minimum Gasteiger partial charge on any atom is -0.324 e. The third-order valence-electron chi connectivity index (χ3n) is 4.36. The number of rotatable bonds is 5. The summed E-state index contributed by atoms with van der Waals surface area (Å²) in [7, 11) is 0. The lowest BCUT2D eigenvalue weighted by Crippen LogP contribution is -2.22. The molecule has 5 nitrogen and oxygen atoms in total. The Morgan fingerprint density at radius 2 is 1.91 bits per heavy atom. The van der Waals surface area contributed by atoms with Crippen LogP contribution in [-0.4, -0.2) is 21.2 Å². The molecule has 11 heteroatoms. The van der Waals surface area contributed by atoms with E-state index in [1.54, 1.807) is 35.7 Å². The number of hydrogen-bond acceptors (Lipinski definition) is 5. The number of para-hydroxylation sites is 1. The minimum absolute atomic E-state index is 0.0182. The van der Waals surface area contributed by atoms with Crippen molar-refractivity contribution in [2.45, 2.75) is 11.3 Å². The van der Waals surface area contributed by atoms with E-state index in [4.69, 9.17) is 11.6 Å². The third-order valence-corrected chi connectivity index (χ3v) is 6.52. The molecule has 164 valence electrons. The highest BCUT2D eigenvalue weighted by atomic mass is 35.5. The molecule has 2 heterocycles. The largest absolute Gasteiger partial charge is 0.416 e. The summed E-state index contributed by atoms with van der Waals surface area (Å²) in [5.41, 5.74) is -0.235. The molecule has 0 aliphatic rings. The predicted molar refractivity (Wildman–Crippen MR) is 121 cm³/mol. The molecule has 0 unspecified atom stereocenters. The summed E-state index contributed by atoms with van der Waals surface area (Å²) in [5.74, 6) is -0.780. The van der Waals surface area contributed by atoms with Gasteiger partial charge in [0.2, 0.25) is 5.91 Å². The van der Waals surface area contributed by atoms with Crippen LogP contribution in [0.15, 0.2) is 69.9 Å². The number of aromatic nitrogens is 2. The highest BCUT2D eigenvalue weighted by molar-refractivity contribution is 7.99. The van der Waals surface area contributed by atoms with Gasteiger partial charge in [0.25, 0.3) is 5.56 Å². The molecule has 0 fully saturated rings. The van der Waals surface area contributed by atoms with Crippen molar-refractivity contribution in [3.05, 3.63) is 80.9 Å². The fourth-order valence-electron chi connectivity index (χ4n) is 2.91. The lowest BCUT2D eigenvalue weighted by molar-refractivity contribution is -0.137. The van der Waals surface area contributed by atoms with E-state index >= 15 is 0 Å². The minimum atomic E-state index is -4.57. The Labute approximate surface area is 192 Å². The molecule has 1 N–H and O–H groups in total. The van der Waals surface area contributed by atoms with Crippen molar-refractivity contribution in [3.63, 3.8) is 0 Å². The highest BCUT2D eigenvalue weighted by Crippen LogP contribution is 2.34. The fraction of sp³-hybridized carbons (Fsp3) is 0.0952. The molecule has 0 saturated carbocycles. The summed E-state index contributed by atoms with van der Waals surface area (Å²) >= 11 is 8.21. The maximum atomic E-state index is 13.0. The van der Waals surface area contributed by atoms with Crippen LogP contribution in [0.4, 0.5) is 18.9 Å². The number of anilines is 1. The van der Waals surface area contributed by atoms with Gasteiger partial charge in [0.15, 0.2) is 5.16 Å². The third kappa shape index (κ3) is 4.67. The number of fused-ring (bicyclic) bond motifs is 1. The molecule has 2 aromatic carbocycles. The Balaban J connectivity index is 1.60. The van der Waals surface area contributed by atoms with Crippen LogP contribution in [0.5, 0.6) is 0 Å². The van der Waals surface area contributed by atoms with Crippen molar-refractivity contribution in [1.82, 2.24) is 9.55 Å². The SMILES string of the molecule is O=C(CSc1nc2ccsc2c(=O)n1-c1ccccc1)Nc1cc(C(F)(F)F)ccc1Cl. The van der Waals surface area contributed by atoms with Crippen molar-refractivity contribution in [2.75, 3.05) is 11.1 Å². The number of carbonyl (C=O) groups is 1. The molecule has 4 rings (SSSR count). The van der Waals surface area contributed by atoms with Gasteiger partial charge in [-0.05, 0) is 41.8 Å². The molecule has 0 aliphatic heterocycles. The number of thioether (sulfide) groups is 1. The first-order valence-corrected chi connectivity index (χ1v) is 11.3. The van der Waals surface area contributed by atoms with Gasteiger partial charge in [0, 0.05) is 0 Å². The van der Waals surface area contributed by atoms with Crippen molar-refractivity contribution in [3.8, 4) is 5.69 Å². The first-order valence-electron chi connectivity index (χ1n) is 9.09. The maximum Gasteiger partial charge on any atom is 0.416 e. The van der Waals surface area contributed by atoms with Gasteiger partial charge in [-0.15, -0.1) is 11.3 Å². The van der Waals surface area contributed by atoms with Gasteiger partial charge in [0.1, 0.15) is 4.70 Å². The van der Waals surface area contributed by atoms with Crippen LogP contribution in [0.1, 0.15) is 5.56 Å². The van der Waals surface area contributed by atoms with Crippen molar-refractivity contribution < 1.29 is 18.0 Å². The zero-order valence-corrected chi connectivity index (χ0v) is 18.4. The molecule has 0 radical (unpaired) electrons. The van der Waals surface area contributed by atoms with Crippen molar-refractivity contribution in [2.24, 2.45) is 0 Å². The summed E-state index contributed by atoms with van der Waals surface area (Å²) < 4.78 is 40.7. The van der Waals surface area contributed by atoms with Crippen LogP contribution in [0, 0.1) is 0 Å². The normalized spacial score (nSPS) is 11.6. The second kappa shape index (κ2) is 8.97. The average Bonchev–Trinajstić information content (AvgIpc) is 3.23. The smallest absolute Gasteiger partial charge is 0.324 e. The van der Waals surface area contributed by atoms with Gasteiger partial charge in [-0.2, -0.15) is 13.2 Å². The van der Waals surface area contributed by atoms with Gasteiger partial charge >= 0.3 is 6.18 Å². The van der Waals surface area contributed by atoms with Gasteiger partial charge in [0.05, 0.1) is 33.2 Å². The fourth-order valence-corrected chi connectivity index (χ4v) is 4.64. The summed E-state index contributed by atoms with van der Waals surface area (Å²) in [6.07, 6.45) is -4.57. The van der Waals surface area contributed by atoms with E-state index in [9.17, 15) is 22.8 Å². The van der Waals surface area contributed by atoms with Gasteiger partial charge in [-0.3, -0.25) is 14.2 Å². The lowest BCUT2D eigenvalue weighted by atomic mass is 10.2. The first-order chi connectivity index (χ1) is 15.2. The van der Waals surface area contributed by atoms with Crippen molar-refractivity contribution >= 4 is 56.5 Å². The number of nitrogens with one attached hydrogen (secondary N) is 1. The lowest BCUT2D eigenvalue weighted by Gasteiger charge is -2.13. The quantitative estimate of drug-likeness (QED) is 0.278. The Bertz CT molecular complexity index is 1350. The first kappa shape index (κ1) is 22.4. The van der Waals surface area contributed by atoms with Crippen LogP contribution >= 0.6 is 34.7 Å². The number of benzene rings is 2. The van der Waals surface area contributed by atoms with Crippen LogP contribution < -0.4 is 10.9 Å². The van der Waals surface area contributed by atoms with Gasteiger partial charge in [-0.25, -0.2) is 4.98 Å². The molecule has 4 aromatic rings. The number of hydrogen-bond donors (Lipinski definition) is 1. The molecular formula is C21H13ClF3N3O2S2. The molecule has 32 heavy (non-hydrogen) atoms. The molecule has 1 amide bonds. The van der Waals surface area contributed by atoms with E-state index in [1.807, 2.05) is 6.07 Å². The van der Waals surface area contributed by atoms with Gasteiger partial charge < -0.3 is 5.32 Å². The van der Waals surface area contributed by atoms with Crippen LogP contribution in [0.25, 0.3) is 15.9 Å². The topological polar surface area (TPSA) is 64.0 Å². The van der Waals surface area contributed by atoms with Crippen LogP contribution in [-0.2, 0) is 11.0 Å². The number of carbonyl (C=O) groups excluding carboxylic acids is 1. The number of nitrogens with zero attached hydrogens (tertiary/aromatic N) is 2. The molecule has 2 aromatic heterocycles. The molecule has 0 atom stereocenters. The molecule has 0 aliphatic carbocycles. The zero-order valence-electron chi connectivity index (χ0n) is 16.0. The summed E-state index contributed by atoms with van der Waals surface area (Å²) in [5, 5.41) is 4.42. The molecule has 0 saturated heterocycles.